The van der Waals surface area contributed by atoms with Crippen molar-refractivity contribution in [3.05, 3.63) is 33.8 Å². The van der Waals surface area contributed by atoms with Gasteiger partial charge in [0.05, 0.1) is 4.47 Å². The molecule has 0 unspecified atom stereocenters. The Morgan fingerprint density at radius 1 is 1.31 bits per heavy atom. The number of hydrogen-bond donors (Lipinski definition) is 1. The molecule has 0 aromatic heterocycles. The van der Waals surface area contributed by atoms with Crippen molar-refractivity contribution >= 4 is 28.3 Å². The highest BCUT2D eigenvalue weighted by atomic mass is 79.9. The standard InChI is InChI=1S/C11H14BrF2N.ClH/c1-6(2)5-9(15)10-8(13)4-3-7(12)11(10)14;/h3-4,6,9H,5,15H2,1-2H3;1H/t9-;/m1./s1. The molecule has 16 heavy (non-hydrogen) atoms. The summed E-state index contributed by atoms with van der Waals surface area (Å²) in [4.78, 5) is 0. The van der Waals surface area contributed by atoms with Crippen LogP contribution in [0.1, 0.15) is 31.9 Å². The number of hydrogen-bond acceptors (Lipinski definition) is 1. The molecule has 1 aromatic carbocycles. The molecule has 0 fully saturated rings. The van der Waals surface area contributed by atoms with Gasteiger partial charge < -0.3 is 5.73 Å². The fourth-order valence-corrected chi connectivity index (χ4v) is 1.85. The van der Waals surface area contributed by atoms with Crippen LogP contribution >= 0.6 is 28.3 Å². The van der Waals surface area contributed by atoms with E-state index in [0.717, 1.165) is 0 Å². The van der Waals surface area contributed by atoms with Crippen molar-refractivity contribution in [1.29, 1.82) is 0 Å². The van der Waals surface area contributed by atoms with Crippen LogP contribution in [0.25, 0.3) is 0 Å². The summed E-state index contributed by atoms with van der Waals surface area (Å²) in [6.07, 6.45) is 0.560. The van der Waals surface area contributed by atoms with Gasteiger partial charge in [0.1, 0.15) is 11.6 Å². The van der Waals surface area contributed by atoms with E-state index in [9.17, 15) is 8.78 Å². The first kappa shape index (κ1) is 15.8. The van der Waals surface area contributed by atoms with Gasteiger partial charge in [-0.25, -0.2) is 8.78 Å². The zero-order chi connectivity index (χ0) is 11.6. The minimum atomic E-state index is -0.595. The molecule has 0 spiro atoms. The van der Waals surface area contributed by atoms with Crippen LogP contribution in [0.2, 0.25) is 0 Å². The molecule has 0 heterocycles. The lowest BCUT2D eigenvalue weighted by Gasteiger charge is -2.16. The molecule has 5 heteroatoms. The van der Waals surface area contributed by atoms with Gasteiger partial charge in [0.25, 0.3) is 0 Å². The van der Waals surface area contributed by atoms with Crippen LogP contribution in [0.5, 0.6) is 0 Å². The van der Waals surface area contributed by atoms with E-state index >= 15 is 0 Å². The quantitative estimate of drug-likeness (QED) is 0.832. The maximum atomic E-state index is 13.6. The first-order valence-corrected chi connectivity index (χ1v) is 5.61. The summed E-state index contributed by atoms with van der Waals surface area (Å²) in [5, 5.41) is 0. The van der Waals surface area contributed by atoms with Crippen molar-refractivity contribution in [3.8, 4) is 0 Å². The fourth-order valence-electron chi connectivity index (χ4n) is 1.51. The van der Waals surface area contributed by atoms with Gasteiger partial charge in [0, 0.05) is 11.6 Å². The molecule has 1 aromatic rings. The maximum absolute atomic E-state index is 13.6. The molecule has 0 aliphatic carbocycles. The Labute approximate surface area is 109 Å². The Morgan fingerprint density at radius 3 is 2.38 bits per heavy atom. The van der Waals surface area contributed by atoms with Gasteiger partial charge in [-0.05, 0) is 40.4 Å². The van der Waals surface area contributed by atoms with Crippen LogP contribution in [0.3, 0.4) is 0 Å². The second kappa shape index (κ2) is 6.52. The van der Waals surface area contributed by atoms with E-state index in [4.69, 9.17) is 5.73 Å². The first-order valence-electron chi connectivity index (χ1n) is 4.82. The van der Waals surface area contributed by atoms with Gasteiger partial charge >= 0.3 is 0 Å². The second-order valence-electron chi connectivity index (χ2n) is 3.99. The zero-order valence-corrected chi connectivity index (χ0v) is 11.5. The van der Waals surface area contributed by atoms with E-state index in [0.29, 0.717) is 12.3 Å². The van der Waals surface area contributed by atoms with Crippen molar-refractivity contribution in [2.45, 2.75) is 26.3 Å². The zero-order valence-electron chi connectivity index (χ0n) is 9.14. The van der Waals surface area contributed by atoms with E-state index in [-0.39, 0.29) is 22.4 Å². The molecule has 0 aliphatic heterocycles. The Balaban J connectivity index is 0.00000225. The SMILES string of the molecule is CC(C)C[C@@H](N)c1c(F)ccc(Br)c1F.Cl. The molecule has 1 atom stereocenters. The van der Waals surface area contributed by atoms with Crippen molar-refractivity contribution in [1.82, 2.24) is 0 Å². The summed E-state index contributed by atoms with van der Waals surface area (Å²) >= 11 is 3.02. The number of benzene rings is 1. The minimum absolute atomic E-state index is 0. The molecule has 0 saturated carbocycles. The first-order chi connectivity index (χ1) is 6.93. The van der Waals surface area contributed by atoms with Gasteiger partial charge in [-0.3, -0.25) is 0 Å². The summed E-state index contributed by atoms with van der Waals surface area (Å²) < 4.78 is 27.2. The summed E-state index contributed by atoms with van der Waals surface area (Å²) in [5.74, 6) is -0.871. The summed E-state index contributed by atoms with van der Waals surface area (Å²) in [5.41, 5.74) is 5.74. The minimum Gasteiger partial charge on any atom is -0.324 e. The lowest BCUT2D eigenvalue weighted by atomic mass is 9.97. The van der Waals surface area contributed by atoms with Gasteiger partial charge in [0.2, 0.25) is 0 Å². The van der Waals surface area contributed by atoms with Gasteiger partial charge in [-0.2, -0.15) is 0 Å². The Hall–Kier alpha value is -0.190. The molecular formula is C11H15BrClF2N. The molecule has 0 bridgehead atoms. The third kappa shape index (κ3) is 3.68. The molecule has 1 rings (SSSR count). The lowest BCUT2D eigenvalue weighted by molar-refractivity contribution is 0.462. The lowest BCUT2D eigenvalue weighted by Crippen LogP contribution is -2.16. The summed E-state index contributed by atoms with van der Waals surface area (Å²) in [7, 11) is 0. The van der Waals surface area contributed by atoms with Gasteiger partial charge in [-0.15, -0.1) is 12.4 Å². The smallest absolute Gasteiger partial charge is 0.145 e. The largest absolute Gasteiger partial charge is 0.324 e. The van der Waals surface area contributed by atoms with E-state index in [2.05, 4.69) is 15.9 Å². The predicted molar refractivity (Wildman–Crippen MR) is 67.7 cm³/mol. The van der Waals surface area contributed by atoms with Crippen LogP contribution in [-0.4, -0.2) is 0 Å². The molecule has 1 nitrogen and oxygen atoms in total. The normalized spacial score (nSPS) is 12.4. The Bertz CT molecular complexity index is 358. The van der Waals surface area contributed by atoms with E-state index in [1.165, 1.54) is 12.1 Å². The van der Waals surface area contributed by atoms with Crippen LogP contribution < -0.4 is 5.73 Å². The highest BCUT2D eigenvalue weighted by molar-refractivity contribution is 9.10. The average molecular weight is 315 g/mol. The van der Waals surface area contributed by atoms with Crippen LogP contribution in [0.4, 0.5) is 8.78 Å². The number of rotatable bonds is 3. The van der Waals surface area contributed by atoms with Crippen LogP contribution in [0, 0.1) is 17.6 Å². The monoisotopic (exact) mass is 313 g/mol. The second-order valence-corrected chi connectivity index (χ2v) is 4.85. The van der Waals surface area contributed by atoms with Crippen molar-refractivity contribution in [2.75, 3.05) is 0 Å². The van der Waals surface area contributed by atoms with Crippen molar-refractivity contribution < 1.29 is 8.78 Å². The molecular weight excluding hydrogens is 299 g/mol. The summed E-state index contributed by atoms with van der Waals surface area (Å²) in [6, 6.07) is 1.97. The number of halogens is 4. The van der Waals surface area contributed by atoms with Gasteiger partial charge in [-0.1, -0.05) is 13.8 Å². The molecule has 0 radical (unpaired) electrons. The molecule has 0 saturated heterocycles. The number of nitrogens with two attached hydrogens (primary N) is 1. The predicted octanol–water partition coefficient (Wildman–Crippen LogP) is 4.20. The van der Waals surface area contributed by atoms with Crippen molar-refractivity contribution in [3.63, 3.8) is 0 Å². The topological polar surface area (TPSA) is 26.0 Å². The Morgan fingerprint density at radius 2 is 1.88 bits per heavy atom. The maximum Gasteiger partial charge on any atom is 0.145 e. The highest BCUT2D eigenvalue weighted by Gasteiger charge is 2.19. The molecule has 0 aliphatic rings. The van der Waals surface area contributed by atoms with Crippen LogP contribution in [0.15, 0.2) is 16.6 Å². The van der Waals surface area contributed by atoms with Crippen LogP contribution in [-0.2, 0) is 0 Å². The summed E-state index contributed by atoms with van der Waals surface area (Å²) in [6.45, 7) is 3.93. The third-order valence-corrected chi connectivity index (χ3v) is 2.79. The van der Waals surface area contributed by atoms with E-state index in [1.54, 1.807) is 0 Å². The highest BCUT2D eigenvalue weighted by Crippen LogP contribution is 2.28. The fraction of sp³-hybridized carbons (Fsp3) is 0.455. The molecule has 2 N–H and O–H groups in total. The van der Waals surface area contributed by atoms with Crippen molar-refractivity contribution in [2.24, 2.45) is 11.7 Å². The van der Waals surface area contributed by atoms with E-state index < -0.39 is 17.7 Å². The molecule has 92 valence electrons. The Kier molecular flexibility index (Phi) is 6.44. The van der Waals surface area contributed by atoms with Gasteiger partial charge in [0.15, 0.2) is 0 Å². The average Bonchev–Trinajstić information content (AvgIpc) is 2.11. The van der Waals surface area contributed by atoms with E-state index in [1.807, 2.05) is 13.8 Å². The molecule has 0 amide bonds. The third-order valence-electron chi connectivity index (χ3n) is 2.18.